The summed E-state index contributed by atoms with van der Waals surface area (Å²) in [6.07, 6.45) is 5.33. The molecule has 4 saturated carbocycles. The first-order chi connectivity index (χ1) is 6.57. The lowest BCUT2D eigenvalue weighted by Crippen LogP contribution is -2.51. The highest BCUT2D eigenvalue weighted by atomic mass is 16.3. The summed E-state index contributed by atoms with van der Waals surface area (Å²) in [5, 5.41) is 20.4. The van der Waals surface area contributed by atoms with Gasteiger partial charge in [0.05, 0.1) is 11.7 Å². The summed E-state index contributed by atoms with van der Waals surface area (Å²) in [6.45, 7) is 2.02. The molecular weight excluding hydrogens is 176 g/mol. The molecule has 2 N–H and O–H groups in total. The van der Waals surface area contributed by atoms with Gasteiger partial charge in [-0.1, -0.05) is 0 Å². The summed E-state index contributed by atoms with van der Waals surface area (Å²) in [7, 11) is 0. The van der Waals surface area contributed by atoms with E-state index in [9.17, 15) is 10.2 Å². The number of aliphatic hydroxyl groups is 2. The topological polar surface area (TPSA) is 40.5 Å². The molecule has 80 valence electrons. The third-order valence-corrected chi connectivity index (χ3v) is 5.18. The van der Waals surface area contributed by atoms with Gasteiger partial charge in [0, 0.05) is 0 Å². The van der Waals surface area contributed by atoms with Gasteiger partial charge in [-0.05, 0) is 62.7 Å². The fourth-order valence-electron chi connectivity index (χ4n) is 4.25. The number of hydrogen-bond donors (Lipinski definition) is 2. The minimum absolute atomic E-state index is 0.0777. The van der Waals surface area contributed by atoms with Crippen LogP contribution < -0.4 is 0 Å². The maximum atomic E-state index is 10.4. The van der Waals surface area contributed by atoms with Crippen LogP contribution in [0.3, 0.4) is 0 Å². The van der Waals surface area contributed by atoms with Gasteiger partial charge in [-0.3, -0.25) is 0 Å². The van der Waals surface area contributed by atoms with Gasteiger partial charge in [0.1, 0.15) is 0 Å². The van der Waals surface area contributed by atoms with Crippen molar-refractivity contribution < 1.29 is 10.2 Å². The summed E-state index contributed by atoms with van der Waals surface area (Å²) in [5.41, 5.74) is -0.433. The predicted octanol–water partition coefficient (Wildman–Crippen LogP) is 1.55. The molecule has 0 amide bonds. The normalized spacial score (nSPS) is 61.5. The van der Waals surface area contributed by atoms with Crippen molar-refractivity contribution in [3.8, 4) is 0 Å². The summed E-state index contributed by atoms with van der Waals surface area (Å²) < 4.78 is 0. The second-order valence-electron chi connectivity index (χ2n) is 5.99. The molecule has 0 aromatic heterocycles. The van der Waals surface area contributed by atoms with Crippen LogP contribution >= 0.6 is 0 Å². The van der Waals surface area contributed by atoms with Crippen LogP contribution in [0.4, 0.5) is 0 Å². The standard InChI is InChI=1S/C12H20O2/c1-12(14)9-2-7-3-10(12)6-8(5-9)11(13)4-7/h7-11,13-14H,2-6H2,1H3/t7?,8?,9-,10?,11?,12?/m1/s1. The van der Waals surface area contributed by atoms with Gasteiger partial charge in [0.25, 0.3) is 0 Å². The maximum Gasteiger partial charge on any atom is 0.0676 e. The van der Waals surface area contributed by atoms with Gasteiger partial charge in [0.15, 0.2) is 0 Å². The molecule has 0 spiro atoms. The van der Waals surface area contributed by atoms with Crippen LogP contribution in [0.1, 0.15) is 39.0 Å². The summed E-state index contributed by atoms with van der Waals surface area (Å²) >= 11 is 0. The van der Waals surface area contributed by atoms with Crippen molar-refractivity contribution in [2.24, 2.45) is 23.7 Å². The van der Waals surface area contributed by atoms with E-state index in [2.05, 4.69) is 0 Å². The number of hydrogen-bond acceptors (Lipinski definition) is 2. The first kappa shape index (κ1) is 9.17. The van der Waals surface area contributed by atoms with E-state index in [1.54, 1.807) is 0 Å². The van der Waals surface area contributed by atoms with E-state index in [0.717, 1.165) is 32.1 Å². The molecule has 2 heteroatoms. The molecule has 0 aromatic rings. The van der Waals surface area contributed by atoms with E-state index in [1.165, 1.54) is 0 Å². The average Bonchev–Trinajstić information content (AvgIpc) is 2.25. The van der Waals surface area contributed by atoms with Crippen LogP contribution in [0.15, 0.2) is 0 Å². The van der Waals surface area contributed by atoms with Crippen molar-refractivity contribution in [2.45, 2.75) is 50.7 Å². The Balaban J connectivity index is 1.96. The predicted molar refractivity (Wildman–Crippen MR) is 53.7 cm³/mol. The van der Waals surface area contributed by atoms with E-state index in [4.69, 9.17) is 0 Å². The average molecular weight is 196 g/mol. The Morgan fingerprint density at radius 3 is 2.14 bits per heavy atom. The van der Waals surface area contributed by atoms with Crippen molar-refractivity contribution in [1.82, 2.24) is 0 Å². The number of aliphatic hydroxyl groups excluding tert-OH is 1. The second kappa shape index (κ2) is 2.73. The third kappa shape index (κ3) is 1.10. The Morgan fingerprint density at radius 1 is 1.00 bits per heavy atom. The third-order valence-electron chi connectivity index (χ3n) is 5.18. The van der Waals surface area contributed by atoms with Crippen LogP contribution in [-0.4, -0.2) is 21.9 Å². The molecule has 14 heavy (non-hydrogen) atoms. The highest BCUT2D eigenvalue weighted by Gasteiger charge is 2.53. The molecule has 4 rings (SSSR count). The molecule has 0 heterocycles. The SMILES string of the molecule is CC1(O)C2CC3CC(O)C(C2)C[C@H]1C3. The molecule has 6 atom stereocenters. The smallest absolute Gasteiger partial charge is 0.0676 e. The monoisotopic (exact) mass is 196 g/mol. The Kier molecular flexibility index (Phi) is 1.79. The zero-order valence-electron chi connectivity index (χ0n) is 8.82. The largest absolute Gasteiger partial charge is 0.393 e. The van der Waals surface area contributed by atoms with Crippen molar-refractivity contribution in [1.29, 1.82) is 0 Å². The Labute approximate surface area is 85.3 Å². The van der Waals surface area contributed by atoms with Crippen molar-refractivity contribution in [3.63, 3.8) is 0 Å². The molecule has 2 nitrogen and oxygen atoms in total. The quantitative estimate of drug-likeness (QED) is 0.617. The molecule has 4 fully saturated rings. The van der Waals surface area contributed by atoms with Crippen LogP contribution in [-0.2, 0) is 0 Å². The van der Waals surface area contributed by atoms with Gasteiger partial charge in [-0.25, -0.2) is 0 Å². The Bertz CT molecular complexity index is 231. The first-order valence-electron chi connectivity index (χ1n) is 5.97. The van der Waals surface area contributed by atoms with E-state index in [1.807, 2.05) is 6.92 Å². The van der Waals surface area contributed by atoms with E-state index < -0.39 is 5.60 Å². The lowest BCUT2D eigenvalue weighted by Gasteiger charge is -2.50. The summed E-state index contributed by atoms with van der Waals surface area (Å²) in [4.78, 5) is 0. The Hall–Kier alpha value is -0.0800. The van der Waals surface area contributed by atoms with Gasteiger partial charge in [0.2, 0.25) is 0 Å². The molecule has 0 aliphatic heterocycles. The van der Waals surface area contributed by atoms with Crippen molar-refractivity contribution in [2.75, 3.05) is 0 Å². The van der Waals surface area contributed by atoms with E-state index in [0.29, 0.717) is 23.7 Å². The fourth-order valence-corrected chi connectivity index (χ4v) is 4.25. The molecular formula is C12H20O2. The lowest BCUT2D eigenvalue weighted by molar-refractivity contribution is -0.125. The van der Waals surface area contributed by atoms with Gasteiger partial charge >= 0.3 is 0 Å². The number of rotatable bonds is 0. The van der Waals surface area contributed by atoms with Crippen LogP contribution in [0.5, 0.6) is 0 Å². The molecule has 0 aromatic carbocycles. The van der Waals surface area contributed by atoms with Gasteiger partial charge in [-0.2, -0.15) is 0 Å². The summed E-state index contributed by atoms with van der Waals surface area (Å²) in [5.74, 6) is 2.09. The van der Waals surface area contributed by atoms with Crippen LogP contribution in [0.2, 0.25) is 0 Å². The minimum atomic E-state index is -0.433. The zero-order valence-corrected chi connectivity index (χ0v) is 8.82. The second-order valence-corrected chi connectivity index (χ2v) is 5.99. The fraction of sp³-hybridized carbons (Fsp3) is 1.00. The molecule has 0 saturated heterocycles. The minimum Gasteiger partial charge on any atom is -0.393 e. The van der Waals surface area contributed by atoms with Crippen LogP contribution in [0, 0.1) is 23.7 Å². The van der Waals surface area contributed by atoms with E-state index >= 15 is 0 Å². The molecule has 4 aliphatic rings. The molecule has 4 bridgehead atoms. The van der Waals surface area contributed by atoms with Crippen LogP contribution in [0.25, 0.3) is 0 Å². The highest BCUT2D eigenvalue weighted by Crippen LogP contribution is 2.55. The van der Waals surface area contributed by atoms with E-state index in [-0.39, 0.29) is 6.10 Å². The number of fused-ring (bicyclic) bond motifs is 1. The van der Waals surface area contributed by atoms with Gasteiger partial charge in [-0.15, -0.1) is 0 Å². The lowest BCUT2D eigenvalue weighted by atomic mass is 9.59. The maximum absolute atomic E-state index is 10.4. The molecule has 0 radical (unpaired) electrons. The van der Waals surface area contributed by atoms with Gasteiger partial charge < -0.3 is 10.2 Å². The molecule has 4 aliphatic carbocycles. The zero-order chi connectivity index (χ0) is 9.92. The van der Waals surface area contributed by atoms with Crippen molar-refractivity contribution in [3.05, 3.63) is 0 Å². The summed E-state index contributed by atoms with van der Waals surface area (Å²) in [6, 6.07) is 0. The Morgan fingerprint density at radius 2 is 1.57 bits per heavy atom. The highest BCUT2D eigenvalue weighted by molar-refractivity contribution is 5.04. The molecule has 5 unspecified atom stereocenters. The van der Waals surface area contributed by atoms with Crippen molar-refractivity contribution >= 4 is 0 Å². The first-order valence-corrected chi connectivity index (χ1v) is 5.97.